The van der Waals surface area contributed by atoms with Gasteiger partial charge in [0.25, 0.3) is 0 Å². The molecule has 0 unspecified atom stereocenters. The Labute approximate surface area is 284 Å². The summed E-state index contributed by atoms with van der Waals surface area (Å²) < 4.78 is 0. The van der Waals surface area contributed by atoms with E-state index in [1.54, 1.807) is 11.9 Å². The number of fused-ring (bicyclic) bond motifs is 3. The molecule has 1 aromatic heterocycles. The molecular weight excluding hydrogens is 733 g/mol. The Morgan fingerprint density at radius 1 is 0.956 bits per heavy atom. The second kappa shape index (κ2) is 14.7. The van der Waals surface area contributed by atoms with Crippen LogP contribution < -0.4 is 0 Å². The Morgan fingerprint density at radius 3 is 2.20 bits per heavy atom. The number of aliphatic hydroxyl groups is 1. The summed E-state index contributed by atoms with van der Waals surface area (Å²) in [7, 11) is 0. The molecule has 1 fully saturated rings. The molecule has 45 heavy (non-hydrogen) atoms. The second-order valence-electron chi connectivity index (χ2n) is 14.1. The van der Waals surface area contributed by atoms with Crippen molar-refractivity contribution < 1.29 is 30.0 Å². The van der Waals surface area contributed by atoms with Gasteiger partial charge in [-0.1, -0.05) is 86.4 Å². The number of hydrogen-bond acceptors (Lipinski definition) is 4. The number of benzene rings is 3. The van der Waals surface area contributed by atoms with Gasteiger partial charge in [-0.15, -0.1) is 34.9 Å². The van der Waals surface area contributed by atoms with Gasteiger partial charge in [0.15, 0.2) is 5.78 Å². The fraction of sp³-hybridized carbons (Fsp3) is 0.475. The van der Waals surface area contributed by atoms with E-state index in [1.807, 2.05) is 41.5 Å². The van der Waals surface area contributed by atoms with Crippen molar-refractivity contribution in [3.63, 3.8) is 0 Å². The monoisotopic (exact) mass is 784 g/mol. The second-order valence-corrected chi connectivity index (χ2v) is 14.1. The van der Waals surface area contributed by atoms with Gasteiger partial charge in [-0.25, -0.2) is 4.98 Å². The van der Waals surface area contributed by atoms with Crippen molar-refractivity contribution >= 4 is 27.5 Å². The third-order valence-electron chi connectivity index (χ3n) is 9.98. The van der Waals surface area contributed by atoms with Gasteiger partial charge in [-0.05, 0) is 78.6 Å². The summed E-state index contributed by atoms with van der Waals surface area (Å²) in [6, 6.07) is 14.6. The molecule has 0 spiro atoms. The van der Waals surface area contributed by atoms with Crippen LogP contribution in [0.5, 0.6) is 0 Å². The van der Waals surface area contributed by atoms with Gasteiger partial charge >= 0.3 is 0 Å². The number of aryl methyl sites for hydroxylation is 4. The van der Waals surface area contributed by atoms with E-state index in [-0.39, 0.29) is 42.5 Å². The van der Waals surface area contributed by atoms with Crippen molar-refractivity contribution in [3.05, 3.63) is 82.4 Å². The van der Waals surface area contributed by atoms with Crippen molar-refractivity contribution in [2.75, 3.05) is 0 Å². The molecule has 4 aromatic rings. The maximum Gasteiger partial charge on any atom is 0.164 e. The zero-order valence-electron chi connectivity index (χ0n) is 28.9. The molecule has 5 heteroatoms. The van der Waals surface area contributed by atoms with Crippen molar-refractivity contribution in [2.24, 2.45) is 10.8 Å². The van der Waals surface area contributed by atoms with E-state index in [2.05, 4.69) is 69.1 Å². The standard InChI is InChI=1S/C27H27N2.C13H24O2.Ir/c1-16-11-17(2)13-22(12-16)26-23-10-9-21-14-18(3)24(20-7-5-6-8-20)19(4)25(21)27(23)29-15-28-26;1-7-12(3,4)10(14)9-11(15)13(5,6)8-2;/h9-12,14-15,20H,5-8H2,1-4H3;9,14H,7-8H2,1-6H3;/q-1;;/b;10-9-;. The number of aliphatic hydroxyl groups excluding tert-OH is 1. The van der Waals surface area contributed by atoms with Crippen molar-refractivity contribution in [1.82, 2.24) is 9.97 Å². The fourth-order valence-corrected chi connectivity index (χ4v) is 6.35. The minimum atomic E-state index is -0.377. The molecule has 0 amide bonds. The van der Waals surface area contributed by atoms with Gasteiger partial charge < -0.3 is 5.11 Å². The van der Waals surface area contributed by atoms with Crippen LogP contribution in [0.3, 0.4) is 0 Å². The van der Waals surface area contributed by atoms with Crippen LogP contribution in [-0.2, 0) is 24.9 Å². The molecule has 0 atom stereocenters. The Kier molecular flexibility index (Phi) is 11.9. The van der Waals surface area contributed by atoms with Crippen LogP contribution in [0.25, 0.3) is 32.9 Å². The van der Waals surface area contributed by atoms with Crippen LogP contribution in [0.2, 0.25) is 0 Å². The topological polar surface area (TPSA) is 63.1 Å². The van der Waals surface area contributed by atoms with Gasteiger partial charge in [0.2, 0.25) is 0 Å². The SMILES string of the molecule is CCC(C)(C)C(=O)/C=C(\O)C(C)(C)CC.Cc1[c-]c(-c2ncnc3c2ccc2cc(C)c(C4CCCC4)c(C)c23)cc(C)c1.[Ir]. The van der Waals surface area contributed by atoms with Crippen molar-refractivity contribution in [3.8, 4) is 11.3 Å². The molecule has 1 radical (unpaired) electrons. The van der Waals surface area contributed by atoms with Crippen molar-refractivity contribution in [2.45, 2.75) is 114 Å². The van der Waals surface area contributed by atoms with E-state index >= 15 is 0 Å². The summed E-state index contributed by atoms with van der Waals surface area (Å²) in [5, 5.41) is 13.5. The number of ketones is 1. The van der Waals surface area contributed by atoms with Crippen LogP contribution in [0.15, 0.2) is 48.5 Å². The molecule has 3 aromatic carbocycles. The largest absolute Gasteiger partial charge is 0.512 e. The molecule has 1 heterocycles. The Balaban J connectivity index is 0.000000297. The minimum Gasteiger partial charge on any atom is -0.512 e. The van der Waals surface area contributed by atoms with Crippen LogP contribution in [-0.4, -0.2) is 20.9 Å². The normalized spacial score (nSPS) is 14.3. The van der Waals surface area contributed by atoms with Crippen LogP contribution >= 0.6 is 0 Å². The van der Waals surface area contributed by atoms with E-state index in [0.717, 1.165) is 40.6 Å². The number of aromatic nitrogens is 2. The molecule has 0 bridgehead atoms. The summed E-state index contributed by atoms with van der Waals surface area (Å²) in [5.74, 6) is 0.893. The van der Waals surface area contributed by atoms with E-state index in [4.69, 9.17) is 4.98 Å². The summed E-state index contributed by atoms with van der Waals surface area (Å²) in [5.41, 5.74) is 9.18. The number of allylic oxidation sites excluding steroid dienone is 2. The Bertz CT molecular complexity index is 1690. The number of carbonyl (C=O) groups is 1. The molecule has 1 saturated carbocycles. The van der Waals surface area contributed by atoms with Gasteiger partial charge in [-0.2, -0.15) is 0 Å². The van der Waals surface area contributed by atoms with E-state index in [0.29, 0.717) is 5.92 Å². The molecule has 4 nitrogen and oxygen atoms in total. The zero-order valence-corrected chi connectivity index (χ0v) is 31.3. The Hall–Kier alpha value is -2.88. The molecule has 0 aliphatic heterocycles. The average Bonchev–Trinajstić information content (AvgIpc) is 3.50. The first-order chi connectivity index (χ1) is 20.7. The Morgan fingerprint density at radius 2 is 1.60 bits per heavy atom. The van der Waals surface area contributed by atoms with Gasteiger partial charge in [0.05, 0.1) is 5.52 Å². The van der Waals surface area contributed by atoms with Crippen LogP contribution in [0.1, 0.15) is 114 Å². The summed E-state index contributed by atoms with van der Waals surface area (Å²) >= 11 is 0. The van der Waals surface area contributed by atoms with Gasteiger partial charge in [0.1, 0.15) is 12.1 Å². The third kappa shape index (κ3) is 7.92. The molecule has 243 valence electrons. The summed E-state index contributed by atoms with van der Waals surface area (Å²) in [4.78, 5) is 21.3. The molecule has 0 saturated heterocycles. The first kappa shape index (κ1) is 36.6. The summed E-state index contributed by atoms with van der Waals surface area (Å²) in [6.07, 6.45) is 10.0. The molecule has 1 aliphatic rings. The smallest absolute Gasteiger partial charge is 0.164 e. The van der Waals surface area contributed by atoms with E-state index < -0.39 is 0 Å². The average molecular weight is 784 g/mol. The molecule has 1 aliphatic carbocycles. The fourth-order valence-electron chi connectivity index (χ4n) is 6.35. The molecular formula is C40H51IrN2O2-. The quantitative estimate of drug-likeness (QED) is 0.0878. The summed E-state index contributed by atoms with van der Waals surface area (Å²) in [6.45, 7) is 20.5. The van der Waals surface area contributed by atoms with Crippen molar-refractivity contribution in [1.29, 1.82) is 0 Å². The third-order valence-corrected chi connectivity index (χ3v) is 9.98. The molecule has 5 rings (SSSR count). The predicted molar refractivity (Wildman–Crippen MR) is 185 cm³/mol. The minimum absolute atomic E-state index is 0. The van der Waals surface area contributed by atoms with E-state index in [1.165, 1.54) is 59.2 Å². The van der Waals surface area contributed by atoms with Gasteiger partial charge in [0, 0.05) is 42.4 Å². The maximum absolute atomic E-state index is 11.8. The van der Waals surface area contributed by atoms with Crippen LogP contribution in [0, 0.1) is 44.6 Å². The maximum atomic E-state index is 11.8. The molecule has 1 N–H and O–H groups in total. The number of carbonyl (C=O) groups excluding carboxylic acids is 1. The first-order valence-corrected chi connectivity index (χ1v) is 16.3. The first-order valence-electron chi connectivity index (χ1n) is 16.3. The zero-order chi connectivity index (χ0) is 32.4. The van der Waals surface area contributed by atoms with Gasteiger partial charge in [-0.3, -0.25) is 9.78 Å². The number of nitrogens with zero attached hydrogens (tertiary/aromatic N) is 2. The van der Waals surface area contributed by atoms with E-state index in [9.17, 15) is 9.90 Å². The predicted octanol–water partition coefficient (Wildman–Crippen LogP) is 11.0. The number of rotatable bonds is 7. The number of hydrogen-bond donors (Lipinski definition) is 1. The van der Waals surface area contributed by atoms with Crippen LogP contribution in [0.4, 0.5) is 0 Å².